The molecule has 0 spiro atoms. The maximum Gasteiger partial charge on any atom is 0.396 e. The van der Waals surface area contributed by atoms with Crippen LogP contribution in [0.4, 0.5) is 5.95 Å². The number of rotatable bonds is 1. The van der Waals surface area contributed by atoms with E-state index in [-0.39, 0.29) is 0 Å². The Hall–Kier alpha value is -1.63. The first-order valence-electron chi connectivity index (χ1n) is 2.73. The maximum absolute atomic E-state index is 8.37. The summed E-state index contributed by atoms with van der Waals surface area (Å²) in [6.45, 7) is 3.59. The molecule has 0 aliphatic carbocycles. The van der Waals surface area contributed by atoms with Gasteiger partial charge in [-0.15, -0.1) is 0 Å². The lowest BCUT2D eigenvalue weighted by atomic mass is 10.6. The van der Waals surface area contributed by atoms with Gasteiger partial charge in [-0.1, -0.05) is 4.98 Å². The van der Waals surface area contributed by atoms with Crippen molar-refractivity contribution in [3.05, 3.63) is 11.9 Å². The van der Waals surface area contributed by atoms with Crippen LogP contribution < -0.4 is 0 Å². The summed E-state index contributed by atoms with van der Waals surface area (Å²) < 4.78 is 1.56. The fraction of sp³-hybridized carbons (Fsp3) is 0.167. The summed E-state index contributed by atoms with van der Waals surface area (Å²) in [5, 5.41) is 8.37. The Bertz CT molecular complexity index is 291. The Labute approximate surface area is 58.5 Å². The molecule has 0 unspecified atom stereocenters. The lowest BCUT2D eigenvalue weighted by Crippen LogP contribution is -1.93. The topological polar surface area (TPSA) is 55.5 Å². The maximum atomic E-state index is 8.37. The highest BCUT2D eigenvalue weighted by Crippen LogP contribution is 2.01. The second-order valence-corrected chi connectivity index (χ2v) is 1.93. The van der Waals surface area contributed by atoms with E-state index >= 15 is 0 Å². The molecule has 0 saturated carbocycles. The van der Waals surface area contributed by atoms with Crippen molar-refractivity contribution in [2.24, 2.45) is 0 Å². The molecule has 1 aromatic rings. The molecule has 10 heavy (non-hydrogen) atoms. The normalized spacial score (nSPS) is 8.80. The van der Waals surface area contributed by atoms with E-state index in [2.05, 4.69) is 16.7 Å². The Kier molecular flexibility index (Phi) is 1.50. The molecule has 0 aromatic carbocycles. The molecule has 0 atom stereocenters. The van der Waals surface area contributed by atoms with Crippen LogP contribution in [0.15, 0.2) is 6.20 Å². The molecule has 0 radical (unpaired) electrons. The van der Waals surface area contributed by atoms with Crippen LogP contribution in [0.1, 0.15) is 5.69 Å². The van der Waals surface area contributed by atoms with Crippen molar-refractivity contribution in [2.75, 3.05) is 7.05 Å². The minimum Gasteiger partial charge on any atom is -0.245 e. The summed E-state index contributed by atoms with van der Waals surface area (Å²) in [6, 6.07) is 1.93. The number of hydrogen-bond donors (Lipinski definition) is 1. The zero-order valence-corrected chi connectivity index (χ0v) is 5.63. The lowest BCUT2D eigenvalue weighted by molar-refractivity contribution is -0.403. The molecule has 0 bridgehead atoms. The van der Waals surface area contributed by atoms with Crippen molar-refractivity contribution in [3.8, 4) is 6.07 Å². The fourth-order valence-corrected chi connectivity index (χ4v) is 0.562. The van der Waals surface area contributed by atoms with E-state index < -0.39 is 0 Å². The van der Waals surface area contributed by atoms with Gasteiger partial charge in [0.1, 0.15) is 6.07 Å². The average Bonchev–Trinajstić information content (AvgIpc) is 2.34. The molecule has 4 heteroatoms. The van der Waals surface area contributed by atoms with Crippen molar-refractivity contribution in [1.82, 2.24) is 9.97 Å². The van der Waals surface area contributed by atoms with Gasteiger partial charge in [-0.05, 0) is 0 Å². The highest BCUT2D eigenvalue weighted by atomic mass is 15.1. The third-order valence-electron chi connectivity index (χ3n) is 1.04. The zero-order valence-electron chi connectivity index (χ0n) is 5.63. The van der Waals surface area contributed by atoms with Gasteiger partial charge in [0.2, 0.25) is 5.69 Å². The van der Waals surface area contributed by atoms with Crippen molar-refractivity contribution in [1.29, 1.82) is 5.26 Å². The molecular formula is C6H7N4+. The zero-order chi connectivity index (χ0) is 7.56. The monoisotopic (exact) mass is 135 g/mol. The second-order valence-electron chi connectivity index (χ2n) is 1.93. The summed E-state index contributed by atoms with van der Waals surface area (Å²) in [4.78, 5) is 6.63. The Morgan fingerprint density at radius 1 is 1.90 bits per heavy atom. The smallest absolute Gasteiger partial charge is 0.245 e. The molecule has 1 aromatic heterocycles. The van der Waals surface area contributed by atoms with E-state index in [0.29, 0.717) is 11.6 Å². The van der Waals surface area contributed by atoms with Crippen LogP contribution in [0.25, 0.3) is 0 Å². The van der Waals surface area contributed by atoms with Crippen molar-refractivity contribution >= 4 is 12.7 Å². The minimum absolute atomic E-state index is 0.450. The fourth-order valence-electron chi connectivity index (χ4n) is 0.562. The first-order valence-corrected chi connectivity index (χ1v) is 2.73. The average molecular weight is 135 g/mol. The van der Waals surface area contributed by atoms with Gasteiger partial charge in [-0.2, -0.15) is 5.26 Å². The number of nitrogens with zero attached hydrogens (tertiary/aromatic N) is 3. The summed E-state index contributed by atoms with van der Waals surface area (Å²) >= 11 is 0. The number of imidazole rings is 1. The van der Waals surface area contributed by atoms with Crippen molar-refractivity contribution in [2.45, 2.75) is 0 Å². The van der Waals surface area contributed by atoms with Crippen LogP contribution in [0.5, 0.6) is 0 Å². The van der Waals surface area contributed by atoms with Crippen LogP contribution in [0, 0.1) is 11.3 Å². The lowest BCUT2D eigenvalue weighted by Gasteiger charge is -1.83. The molecular weight excluding hydrogens is 128 g/mol. The van der Waals surface area contributed by atoms with Crippen LogP contribution >= 0.6 is 0 Å². The molecule has 1 N–H and O–H groups in total. The van der Waals surface area contributed by atoms with Gasteiger partial charge in [0.15, 0.2) is 6.20 Å². The SMILES string of the molecule is C=[N+](C)c1ncc(C#N)[nH]1. The van der Waals surface area contributed by atoms with E-state index in [0.717, 1.165) is 0 Å². The van der Waals surface area contributed by atoms with Gasteiger partial charge < -0.3 is 0 Å². The first kappa shape index (κ1) is 6.49. The van der Waals surface area contributed by atoms with Crippen LogP contribution in [-0.4, -0.2) is 28.3 Å². The van der Waals surface area contributed by atoms with Crippen molar-refractivity contribution in [3.63, 3.8) is 0 Å². The first-order chi connectivity index (χ1) is 4.74. The summed E-state index contributed by atoms with van der Waals surface area (Å²) in [7, 11) is 1.75. The number of nitrogens with one attached hydrogen (secondary N) is 1. The van der Waals surface area contributed by atoms with E-state index in [1.807, 2.05) is 6.07 Å². The number of aromatic amines is 1. The highest BCUT2D eigenvalue weighted by molar-refractivity contribution is 5.25. The minimum atomic E-state index is 0.450. The van der Waals surface area contributed by atoms with Gasteiger partial charge in [0.05, 0.1) is 7.05 Å². The molecule has 1 rings (SSSR count). The molecule has 4 nitrogen and oxygen atoms in total. The van der Waals surface area contributed by atoms with Gasteiger partial charge in [-0.25, -0.2) is 9.56 Å². The predicted molar refractivity (Wildman–Crippen MR) is 36.3 cm³/mol. The third kappa shape index (κ3) is 1.03. The molecule has 1 heterocycles. The van der Waals surface area contributed by atoms with E-state index in [9.17, 15) is 0 Å². The van der Waals surface area contributed by atoms with E-state index in [1.54, 1.807) is 11.6 Å². The summed E-state index contributed by atoms with van der Waals surface area (Å²) in [6.07, 6.45) is 1.47. The Morgan fingerprint density at radius 2 is 2.60 bits per heavy atom. The Balaban J connectivity index is 3.02. The van der Waals surface area contributed by atoms with Crippen LogP contribution in [0.2, 0.25) is 0 Å². The molecule has 0 amide bonds. The van der Waals surface area contributed by atoms with Gasteiger partial charge in [0.25, 0.3) is 0 Å². The molecule has 0 saturated heterocycles. The summed E-state index contributed by atoms with van der Waals surface area (Å²) in [5.41, 5.74) is 0.450. The highest BCUT2D eigenvalue weighted by Gasteiger charge is 2.06. The molecule has 0 aliphatic rings. The third-order valence-corrected chi connectivity index (χ3v) is 1.04. The molecule has 0 aliphatic heterocycles. The number of hydrogen-bond acceptors (Lipinski definition) is 2. The molecule has 0 fully saturated rings. The van der Waals surface area contributed by atoms with Crippen molar-refractivity contribution < 1.29 is 4.58 Å². The van der Waals surface area contributed by atoms with Gasteiger partial charge in [-0.3, -0.25) is 0 Å². The molecule has 50 valence electrons. The standard InChI is InChI=1S/C6H7N4/c1-10(2)6-8-4-5(3-7)9-6/h4H,1H2,2H3,(H,8,9)/q+1. The van der Waals surface area contributed by atoms with Gasteiger partial charge in [0, 0.05) is 6.72 Å². The largest absolute Gasteiger partial charge is 0.396 e. The van der Waals surface area contributed by atoms with Crippen LogP contribution in [-0.2, 0) is 0 Å². The van der Waals surface area contributed by atoms with E-state index in [4.69, 9.17) is 5.26 Å². The number of nitriles is 1. The summed E-state index contributed by atoms with van der Waals surface area (Å²) in [5.74, 6) is 0.594. The number of H-pyrrole nitrogens is 1. The van der Waals surface area contributed by atoms with E-state index in [1.165, 1.54) is 6.20 Å². The quantitative estimate of drug-likeness (QED) is 0.443. The van der Waals surface area contributed by atoms with Gasteiger partial charge >= 0.3 is 5.95 Å². The predicted octanol–water partition coefficient (Wildman–Crippen LogP) is 0.256. The Morgan fingerprint density at radius 3 is 2.90 bits per heavy atom. The second kappa shape index (κ2) is 2.31. The van der Waals surface area contributed by atoms with Crippen LogP contribution in [0.3, 0.4) is 0 Å². The number of aromatic nitrogens is 2.